The maximum Gasteiger partial charge on any atom is 0.258 e. The van der Waals surface area contributed by atoms with Gasteiger partial charge in [-0.15, -0.1) is 0 Å². The van der Waals surface area contributed by atoms with Gasteiger partial charge in [-0.05, 0) is 7.05 Å². The van der Waals surface area contributed by atoms with Crippen LogP contribution in [0.1, 0.15) is 17.3 Å². The van der Waals surface area contributed by atoms with E-state index in [4.69, 9.17) is 4.52 Å². The molecule has 0 aromatic carbocycles. The number of sulfonamides is 1. The second-order valence-corrected chi connectivity index (χ2v) is 5.51. The number of aromatic nitrogens is 4. The molecule has 0 saturated heterocycles. The highest BCUT2D eigenvalue weighted by Crippen LogP contribution is 2.11. The Morgan fingerprint density at radius 2 is 2.21 bits per heavy atom. The van der Waals surface area contributed by atoms with Crippen LogP contribution >= 0.6 is 0 Å². The summed E-state index contributed by atoms with van der Waals surface area (Å²) in [5.74, 6) is 0.655. The summed E-state index contributed by atoms with van der Waals surface area (Å²) in [6.45, 7) is 1.98. The average molecular weight is 286 g/mol. The van der Waals surface area contributed by atoms with Gasteiger partial charge in [0, 0.05) is 19.0 Å². The van der Waals surface area contributed by atoms with Crippen molar-refractivity contribution < 1.29 is 12.9 Å². The zero-order valence-corrected chi connectivity index (χ0v) is 11.3. The molecule has 0 spiro atoms. The summed E-state index contributed by atoms with van der Waals surface area (Å²) >= 11 is 0. The quantitative estimate of drug-likeness (QED) is 0.641. The Morgan fingerprint density at radius 1 is 1.42 bits per heavy atom. The SMILES string of the molecule is CNCc1cn[nH]c1S(=O)(=O)NCc1noc(C)n1. The van der Waals surface area contributed by atoms with Crippen LogP contribution in [0.5, 0.6) is 0 Å². The number of nitrogens with one attached hydrogen (secondary N) is 3. The molecule has 9 nitrogen and oxygen atoms in total. The lowest BCUT2D eigenvalue weighted by Crippen LogP contribution is -2.25. The molecule has 2 aromatic heterocycles. The maximum atomic E-state index is 12.1. The maximum absolute atomic E-state index is 12.1. The van der Waals surface area contributed by atoms with Crippen LogP contribution in [0.25, 0.3) is 0 Å². The van der Waals surface area contributed by atoms with Crippen molar-refractivity contribution in [1.82, 2.24) is 30.4 Å². The molecule has 2 heterocycles. The van der Waals surface area contributed by atoms with Gasteiger partial charge in [0.1, 0.15) is 0 Å². The molecule has 0 radical (unpaired) electrons. The lowest BCUT2D eigenvalue weighted by molar-refractivity contribution is 0.387. The van der Waals surface area contributed by atoms with Crippen LogP contribution in [-0.2, 0) is 23.1 Å². The number of nitrogens with zero attached hydrogens (tertiary/aromatic N) is 3. The summed E-state index contributed by atoms with van der Waals surface area (Å²) in [5.41, 5.74) is 0.555. The molecule has 19 heavy (non-hydrogen) atoms. The monoisotopic (exact) mass is 286 g/mol. The standard InChI is InChI=1S/C9H14N6O3S/c1-6-13-8(15-18-6)5-12-19(16,17)9-7(3-10-2)4-11-14-9/h4,10,12H,3,5H2,1-2H3,(H,11,14). The first kappa shape index (κ1) is 13.6. The number of hydrogen-bond acceptors (Lipinski definition) is 7. The van der Waals surface area contributed by atoms with Gasteiger partial charge in [0.2, 0.25) is 5.89 Å². The van der Waals surface area contributed by atoms with Crippen LogP contribution in [-0.4, -0.2) is 35.8 Å². The molecule has 0 fully saturated rings. The molecule has 2 rings (SSSR count). The van der Waals surface area contributed by atoms with E-state index in [1.807, 2.05) is 0 Å². The zero-order chi connectivity index (χ0) is 13.9. The highest BCUT2D eigenvalue weighted by Gasteiger charge is 2.20. The molecule has 10 heteroatoms. The van der Waals surface area contributed by atoms with Crippen molar-refractivity contribution in [3.8, 4) is 0 Å². The molecule has 0 aliphatic carbocycles. The Kier molecular flexibility index (Phi) is 3.93. The number of rotatable bonds is 6. The van der Waals surface area contributed by atoms with Crippen LogP contribution < -0.4 is 10.0 Å². The summed E-state index contributed by atoms with van der Waals surface area (Å²) < 4.78 is 31.3. The van der Waals surface area contributed by atoms with Crippen molar-refractivity contribution in [3.05, 3.63) is 23.5 Å². The van der Waals surface area contributed by atoms with Gasteiger partial charge in [-0.2, -0.15) is 10.1 Å². The van der Waals surface area contributed by atoms with Gasteiger partial charge in [0.05, 0.1) is 12.7 Å². The van der Waals surface area contributed by atoms with E-state index in [0.717, 1.165) is 0 Å². The predicted octanol–water partition coefficient (Wildman–Crippen LogP) is -0.701. The molecule has 2 aromatic rings. The van der Waals surface area contributed by atoms with Gasteiger partial charge in [-0.3, -0.25) is 5.10 Å². The number of aryl methyl sites for hydroxylation is 1. The molecule has 104 valence electrons. The van der Waals surface area contributed by atoms with Gasteiger partial charge in [-0.25, -0.2) is 13.1 Å². The van der Waals surface area contributed by atoms with Crippen LogP contribution in [0, 0.1) is 6.92 Å². The summed E-state index contributed by atoms with van der Waals surface area (Å²) in [5, 5.41) is 12.7. The summed E-state index contributed by atoms with van der Waals surface area (Å²) in [6, 6.07) is 0. The molecule has 0 amide bonds. The number of H-pyrrole nitrogens is 1. The van der Waals surface area contributed by atoms with Gasteiger partial charge in [-0.1, -0.05) is 5.16 Å². The number of hydrogen-bond donors (Lipinski definition) is 3. The third-order valence-corrected chi connectivity index (χ3v) is 3.72. The zero-order valence-electron chi connectivity index (χ0n) is 10.5. The first-order valence-electron chi connectivity index (χ1n) is 5.48. The highest BCUT2D eigenvalue weighted by atomic mass is 32.2. The third-order valence-electron chi connectivity index (χ3n) is 2.30. The van der Waals surface area contributed by atoms with Gasteiger partial charge in [0.15, 0.2) is 10.9 Å². The first-order chi connectivity index (χ1) is 9.03. The van der Waals surface area contributed by atoms with E-state index < -0.39 is 10.0 Å². The Hall–Kier alpha value is -1.78. The highest BCUT2D eigenvalue weighted by molar-refractivity contribution is 7.89. The molecule has 0 aliphatic rings. The van der Waals surface area contributed by atoms with E-state index in [0.29, 0.717) is 18.0 Å². The molecule has 0 saturated carbocycles. The normalized spacial score (nSPS) is 11.9. The molecule has 0 unspecified atom stereocenters. The van der Waals surface area contributed by atoms with E-state index in [9.17, 15) is 8.42 Å². The topological polar surface area (TPSA) is 126 Å². The second-order valence-electron chi connectivity index (χ2n) is 3.81. The molecular weight excluding hydrogens is 272 g/mol. The van der Waals surface area contributed by atoms with Crippen LogP contribution in [0.15, 0.2) is 15.7 Å². The Labute approximate surface area is 109 Å². The van der Waals surface area contributed by atoms with Crippen molar-refractivity contribution in [2.24, 2.45) is 0 Å². The minimum absolute atomic E-state index is 0.0297. The Morgan fingerprint density at radius 3 is 2.84 bits per heavy atom. The Bertz CT molecular complexity index is 646. The van der Waals surface area contributed by atoms with Crippen LogP contribution in [0.4, 0.5) is 0 Å². The predicted molar refractivity (Wildman–Crippen MR) is 64.4 cm³/mol. The van der Waals surface area contributed by atoms with E-state index in [1.54, 1.807) is 14.0 Å². The molecule has 0 aliphatic heterocycles. The molecule has 0 bridgehead atoms. The third kappa shape index (κ3) is 3.16. The summed E-state index contributed by atoms with van der Waals surface area (Å²) in [6.07, 6.45) is 1.46. The van der Waals surface area contributed by atoms with Gasteiger partial charge in [0.25, 0.3) is 10.0 Å². The largest absolute Gasteiger partial charge is 0.340 e. The minimum atomic E-state index is -3.69. The lowest BCUT2D eigenvalue weighted by atomic mass is 10.4. The fourth-order valence-corrected chi connectivity index (χ4v) is 2.60. The average Bonchev–Trinajstić information content (AvgIpc) is 2.97. The van der Waals surface area contributed by atoms with Crippen molar-refractivity contribution in [2.45, 2.75) is 25.0 Å². The van der Waals surface area contributed by atoms with Crippen LogP contribution in [0.3, 0.4) is 0 Å². The number of aromatic amines is 1. The lowest BCUT2D eigenvalue weighted by Gasteiger charge is -2.04. The molecule has 0 atom stereocenters. The van der Waals surface area contributed by atoms with E-state index in [-0.39, 0.29) is 17.4 Å². The fraction of sp³-hybridized carbons (Fsp3) is 0.444. The Balaban J connectivity index is 2.11. The van der Waals surface area contributed by atoms with Crippen LogP contribution in [0.2, 0.25) is 0 Å². The van der Waals surface area contributed by atoms with Crippen molar-refractivity contribution in [3.63, 3.8) is 0 Å². The van der Waals surface area contributed by atoms with Crippen molar-refractivity contribution in [1.29, 1.82) is 0 Å². The smallest absolute Gasteiger partial charge is 0.258 e. The summed E-state index contributed by atoms with van der Waals surface area (Å²) in [7, 11) is -1.97. The second kappa shape index (κ2) is 5.47. The minimum Gasteiger partial charge on any atom is -0.340 e. The van der Waals surface area contributed by atoms with Crippen molar-refractivity contribution in [2.75, 3.05) is 7.05 Å². The summed E-state index contributed by atoms with van der Waals surface area (Å²) in [4.78, 5) is 3.91. The van der Waals surface area contributed by atoms with E-state index >= 15 is 0 Å². The van der Waals surface area contributed by atoms with Gasteiger partial charge >= 0.3 is 0 Å². The van der Waals surface area contributed by atoms with Crippen molar-refractivity contribution >= 4 is 10.0 Å². The molecule has 3 N–H and O–H groups in total. The van der Waals surface area contributed by atoms with E-state index in [2.05, 4.69) is 30.4 Å². The van der Waals surface area contributed by atoms with Gasteiger partial charge < -0.3 is 9.84 Å². The fourth-order valence-electron chi connectivity index (χ4n) is 1.49. The van der Waals surface area contributed by atoms with E-state index in [1.165, 1.54) is 6.20 Å². The first-order valence-corrected chi connectivity index (χ1v) is 6.97. The molecular formula is C9H14N6O3S.